The summed E-state index contributed by atoms with van der Waals surface area (Å²) in [5.41, 5.74) is 1.16. The number of hydrogen-bond acceptors (Lipinski definition) is 5. The van der Waals surface area contributed by atoms with Crippen LogP contribution in [0.1, 0.15) is 17.3 Å². The molecule has 0 aliphatic heterocycles. The highest BCUT2D eigenvalue weighted by Crippen LogP contribution is 2.18. The maximum Gasteiger partial charge on any atom is 0.227 e. The molecule has 3 aromatic rings. The van der Waals surface area contributed by atoms with Crippen LogP contribution in [0.3, 0.4) is 0 Å². The van der Waals surface area contributed by atoms with Gasteiger partial charge in [-0.3, -0.25) is 0 Å². The van der Waals surface area contributed by atoms with E-state index in [2.05, 4.69) is 10.1 Å². The van der Waals surface area contributed by atoms with E-state index in [-0.39, 0.29) is 16.5 Å². The summed E-state index contributed by atoms with van der Waals surface area (Å²) < 4.78 is 29.8. The summed E-state index contributed by atoms with van der Waals surface area (Å²) in [6, 6.07) is 15.9. The molecule has 2 aromatic carbocycles. The number of nitrogens with zero attached hydrogens (tertiary/aromatic N) is 2. The van der Waals surface area contributed by atoms with Crippen LogP contribution in [0.4, 0.5) is 0 Å². The SMILES string of the molecule is O=S(=O)(Cc1noc(CCc2ccccc2)n1)c1ccc(Cl)cc1. The van der Waals surface area contributed by atoms with Crippen LogP contribution in [0.15, 0.2) is 64.0 Å². The third-order valence-corrected chi connectivity index (χ3v) is 5.35. The van der Waals surface area contributed by atoms with Crippen LogP contribution in [0.5, 0.6) is 0 Å². The molecule has 0 spiro atoms. The summed E-state index contributed by atoms with van der Waals surface area (Å²) in [6.07, 6.45) is 1.32. The minimum atomic E-state index is -3.53. The highest BCUT2D eigenvalue weighted by molar-refractivity contribution is 7.90. The molecule has 0 atom stereocenters. The van der Waals surface area contributed by atoms with Crippen molar-refractivity contribution in [3.05, 3.63) is 76.9 Å². The number of hydrogen-bond donors (Lipinski definition) is 0. The minimum Gasteiger partial charge on any atom is -0.339 e. The lowest BCUT2D eigenvalue weighted by Crippen LogP contribution is -2.06. The maximum absolute atomic E-state index is 12.3. The smallest absolute Gasteiger partial charge is 0.227 e. The second kappa shape index (κ2) is 7.15. The Hall–Kier alpha value is -2.18. The van der Waals surface area contributed by atoms with E-state index in [1.165, 1.54) is 24.3 Å². The molecule has 1 aromatic heterocycles. The average molecular weight is 363 g/mol. The van der Waals surface area contributed by atoms with E-state index in [1.807, 2.05) is 30.3 Å². The molecule has 124 valence electrons. The van der Waals surface area contributed by atoms with E-state index in [1.54, 1.807) is 0 Å². The summed E-state index contributed by atoms with van der Waals surface area (Å²) in [5, 5.41) is 4.25. The first kappa shape index (κ1) is 16.7. The van der Waals surface area contributed by atoms with Crippen molar-refractivity contribution in [3.8, 4) is 0 Å². The first-order chi connectivity index (χ1) is 11.5. The third-order valence-electron chi connectivity index (χ3n) is 3.47. The second-order valence-corrected chi connectivity index (χ2v) is 7.73. The van der Waals surface area contributed by atoms with Crippen molar-refractivity contribution in [2.45, 2.75) is 23.5 Å². The standard InChI is InChI=1S/C17H15ClN2O3S/c18-14-7-9-15(10-8-14)24(21,22)12-16-19-17(23-20-16)11-6-13-4-2-1-3-5-13/h1-5,7-10H,6,11-12H2. The molecular formula is C17H15ClN2O3S. The molecule has 0 unspecified atom stereocenters. The highest BCUT2D eigenvalue weighted by Gasteiger charge is 2.19. The van der Waals surface area contributed by atoms with Crippen molar-refractivity contribution >= 4 is 21.4 Å². The predicted molar refractivity (Wildman–Crippen MR) is 90.5 cm³/mol. The van der Waals surface area contributed by atoms with Crippen molar-refractivity contribution in [2.24, 2.45) is 0 Å². The van der Waals surface area contributed by atoms with E-state index in [4.69, 9.17) is 16.1 Å². The summed E-state index contributed by atoms with van der Waals surface area (Å²) in [7, 11) is -3.53. The second-order valence-electron chi connectivity index (χ2n) is 5.30. The largest absolute Gasteiger partial charge is 0.339 e. The number of sulfone groups is 1. The zero-order valence-corrected chi connectivity index (χ0v) is 14.3. The molecule has 0 radical (unpaired) electrons. The first-order valence-electron chi connectivity index (χ1n) is 7.37. The van der Waals surface area contributed by atoms with E-state index >= 15 is 0 Å². The average Bonchev–Trinajstić information content (AvgIpc) is 3.01. The first-order valence-corrected chi connectivity index (χ1v) is 9.40. The Morgan fingerprint density at radius 2 is 1.67 bits per heavy atom. The van der Waals surface area contributed by atoms with Crippen LogP contribution in [0.25, 0.3) is 0 Å². The molecule has 0 aliphatic rings. The van der Waals surface area contributed by atoms with Crippen molar-refractivity contribution in [1.29, 1.82) is 0 Å². The molecule has 0 N–H and O–H groups in total. The monoisotopic (exact) mass is 362 g/mol. The molecule has 0 fully saturated rings. The Balaban J connectivity index is 1.66. The van der Waals surface area contributed by atoms with Gasteiger partial charge in [0, 0.05) is 11.4 Å². The molecule has 0 saturated heterocycles. The molecule has 1 heterocycles. The van der Waals surface area contributed by atoms with Crippen LogP contribution in [-0.2, 0) is 28.4 Å². The van der Waals surface area contributed by atoms with Crippen LogP contribution < -0.4 is 0 Å². The fourth-order valence-electron chi connectivity index (χ4n) is 2.24. The van der Waals surface area contributed by atoms with Gasteiger partial charge in [-0.1, -0.05) is 47.1 Å². The Morgan fingerprint density at radius 1 is 0.958 bits per heavy atom. The van der Waals surface area contributed by atoms with Gasteiger partial charge in [0.1, 0.15) is 5.75 Å². The van der Waals surface area contributed by atoms with Crippen molar-refractivity contribution in [1.82, 2.24) is 10.1 Å². The van der Waals surface area contributed by atoms with Crippen LogP contribution in [0.2, 0.25) is 5.02 Å². The Bertz CT molecular complexity index is 907. The van der Waals surface area contributed by atoms with E-state index in [9.17, 15) is 8.42 Å². The molecule has 5 nitrogen and oxygen atoms in total. The lowest BCUT2D eigenvalue weighted by molar-refractivity contribution is 0.374. The van der Waals surface area contributed by atoms with Crippen LogP contribution in [0, 0.1) is 0 Å². The molecule has 0 aliphatic carbocycles. The fraction of sp³-hybridized carbons (Fsp3) is 0.176. The third kappa shape index (κ3) is 4.21. The molecule has 3 rings (SSSR count). The van der Waals surface area contributed by atoms with Crippen LogP contribution in [-0.4, -0.2) is 18.6 Å². The van der Waals surface area contributed by atoms with E-state index < -0.39 is 9.84 Å². The Labute approximate surface area is 145 Å². The summed E-state index contributed by atoms with van der Waals surface area (Å²) in [4.78, 5) is 4.35. The molecule has 7 heteroatoms. The normalized spacial score (nSPS) is 11.5. The van der Waals surface area contributed by atoms with Crippen molar-refractivity contribution < 1.29 is 12.9 Å². The highest BCUT2D eigenvalue weighted by atomic mass is 35.5. The summed E-state index contributed by atoms with van der Waals surface area (Å²) >= 11 is 5.78. The number of aryl methyl sites for hydroxylation is 2. The van der Waals surface area contributed by atoms with Gasteiger partial charge >= 0.3 is 0 Å². The zero-order chi connectivity index (χ0) is 17.0. The summed E-state index contributed by atoms with van der Waals surface area (Å²) in [5.74, 6) is 0.289. The quantitative estimate of drug-likeness (QED) is 0.671. The molecule has 0 bridgehead atoms. The van der Waals surface area contributed by atoms with Crippen LogP contribution >= 0.6 is 11.6 Å². The minimum absolute atomic E-state index is 0.160. The number of rotatable bonds is 6. The Kier molecular flexibility index (Phi) is 4.97. The van der Waals surface area contributed by atoms with Gasteiger partial charge in [-0.05, 0) is 36.2 Å². The molecule has 24 heavy (non-hydrogen) atoms. The van der Waals surface area contributed by atoms with Gasteiger partial charge in [-0.15, -0.1) is 0 Å². The van der Waals surface area contributed by atoms with Gasteiger partial charge in [0.25, 0.3) is 0 Å². The zero-order valence-electron chi connectivity index (χ0n) is 12.7. The maximum atomic E-state index is 12.3. The van der Waals surface area contributed by atoms with Gasteiger partial charge in [0.2, 0.25) is 5.89 Å². The lowest BCUT2D eigenvalue weighted by atomic mass is 10.1. The predicted octanol–water partition coefficient (Wildman–Crippen LogP) is 3.48. The number of benzene rings is 2. The molecule has 0 saturated carbocycles. The van der Waals surface area contributed by atoms with E-state index in [0.717, 1.165) is 12.0 Å². The Morgan fingerprint density at radius 3 is 2.38 bits per heavy atom. The number of aromatic nitrogens is 2. The van der Waals surface area contributed by atoms with Gasteiger partial charge in [-0.25, -0.2) is 8.42 Å². The van der Waals surface area contributed by atoms with Gasteiger partial charge in [0.15, 0.2) is 15.7 Å². The molecule has 0 amide bonds. The lowest BCUT2D eigenvalue weighted by Gasteiger charge is -2.01. The molecular weight excluding hydrogens is 348 g/mol. The van der Waals surface area contributed by atoms with Crippen molar-refractivity contribution in [3.63, 3.8) is 0 Å². The van der Waals surface area contributed by atoms with Gasteiger partial charge < -0.3 is 4.52 Å². The fourth-order valence-corrected chi connectivity index (χ4v) is 3.54. The number of halogens is 1. The van der Waals surface area contributed by atoms with Crippen molar-refractivity contribution in [2.75, 3.05) is 0 Å². The van der Waals surface area contributed by atoms with E-state index in [0.29, 0.717) is 17.3 Å². The van der Waals surface area contributed by atoms with Gasteiger partial charge in [-0.2, -0.15) is 4.98 Å². The van der Waals surface area contributed by atoms with Gasteiger partial charge in [0.05, 0.1) is 4.90 Å². The summed E-state index contributed by atoms with van der Waals surface area (Å²) in [6.45, 7) is 0. The topological polar surface area (TPSA) is 73.1 Å².